The third kappa shape index (κ3) is 2.09. The summed E-state index contributed by atoms with van der Waals surface area (Å²) < 4.78 is 0. The highest BCUT2D eigenvalue weighted by Crippen LogP contribution is 2.43. The van der Waals surface area contributed by atoms with E-state index in [1.807, 2.05) is 6.07 Å². The Morgan fingerprint density at radius 1 is 1.35 bits per heavy atom. The Labute approximate surface area is 99.6 Å². The molecule has 1 aliphatic rings. The Morgan fingerprint density at radius 2 is 2.06 bits per heavy atom. The summed E-state index contributed by atoms with van der Waals surface area (Å²) in [7, 11) is 0. The van der Waals surface area contributed by atoms with Crippen molar-refractivity contribution in [1.82, 2.24) is 0 Å². The Bertz CT molecular complexity index is 458. The van der Waals surface area contributed by atoms with Crippen molar-refractivity contribution >= 4 is 6.08 Å². The molecule has 0 saturated heterocycles. The number of benzene rings is 1. The largest absolute Gasteiger partial charge is 0.508 e. The highest BCUT2D eigenvalue weighted by atomic mass is 16.3. The molecule has 0 unspecified atom stereocenters. The van der Waals surface area contributed by atoms with Crippen LogP contribution in [0.3, 0.4) is 0 Å². The minimum Gasteiger partial charge on any atom is -0.508 e. The maximum absolute atomic E-state index is 10.6. The van der Waals surface area contributed by atoms with Crippen molar-refractivity contribution in [3.05, 3.63) is 29.3 Å². The van der Waals surface area contributed by atoms with Crippen LogP contribution in [0.5, 0.6) is 5.75 Å². The number of aromatic hydroxyl groups is 1. The van der Waals surface area contributed by atoms with E-state index in [1.165, 1.54) is 0 Å². The number of aliphatic hydroxyl groups excluding tert-OH is 1. The predicted octanol–water partition coefficient (Wildman–Crippen LogP) is 1.99. The third-order valence-electron chi connectivity index (χ3n) is 3.48. The lowest BCUT2D eigenvalue weighted by molar-refractivity contribution is 0.275. The summed E-state index contributed by atoms with van der Waals surface area (Å²) in [5.41, 5.74) is 0.790. The first-order valence-electron chi connectivity index (χ1n) is 5.74. The number of aliphatic imine (C=N–C) groups is 1. The van der Waals surface area contributed by atoms with Crippen molar-refractivity contribution in [3.8, 4) is 5.75 Å². The Morgan fingerprint density at radius 3 is 2.59 bits per heavy atom. The smallest absolute Gasteiger partial charge is 0.235 e. The fourth-order valence-electron chi connectivity index (χ4n) is 2.50. The summed E-state index contributed by atoms with van der Waals surface area (Å²) in [6.45, 7) is -0.198. The zero-order valence-corrected chi connectivity index (χ0v) is 9.52. The zero-order valence-electron chi connectivity index (χ0n) is 9.52. The predicted molar refractivity (Wildman–Crippen MR) is 62.3 cm³/mol. The second-order valence-corrected chi connectivity index (χ2v) is 4.44. The number of rotatable bonds is 3. The molecule has 1 aromatic rings. The molecule has 0 aliphatic heterocycles. The number of phenols is 1. The van der Waals surface area contributed by atoms with Crippen LogP contribution < -0.4 is 0 Å². The Hall–Kier alpha value is -1.64. The van der Waals surface area contributed by atoms with Crippen molar-refractivity contribution in [2.45, 2.75) is 37.8 Å². The number of aliphatic hydroxyl groups is 1. The summed E-state index contributed by atoms with van der Waals surface area (Å²) in [6.07, 6.45) is 5.30. The van der Waals surface area contributed by atoms with Gasteiger partial charge in [-0.25, -0.2) is 4.79 Å². The van der Waals surface area contributed by atoms with E-state index in [9.17, 15) is 9.90 Å². The summed E-state index contributed by atoms with van der Waals surface area (Å²) >= 11 is 0. The van der Waals surface area contributed by atoms with Crippen LogP contribution in [-0.2, 0) is 16.9 Å². The molecule has 0 atom stereocenters. The number of hydrogen-bond acceptors (Lipinski definition) is 4. The van der Waals surface area contributed by atoms with Crippen LogP contribution in [0.15, 0.2) is 23.2 Å². The van der Waals surface area contributed by atoms with E-state index in [0.29, 0.717) is 5.56 Å². The van der Waals surface area contributed by atoms with Gasteiger partial charge >= 0.3 is 0 Å². The number of nitrogens with zero attached hydrogens (tertiary/aromatic N) is 1. The van der Waals surface area contributed by atoms with Gasteiger partial charge in [0, 0.05) is 5.56 Å². The third-order valence-corrected chi connectivity index (χ3v) is 3.48. The molecule has 4 nitrogen and oxygen atoms in total. The van der Waals surface area contributed by atoms with Gasteiger partial charge < -0.3 is 10.2 Å². The first-order chi connectivity index (χ1) is 8.22. The monoisotopic (exact) mass is 233 g/mol. The van der Waals surface area contributed by atoms with E-state index in [-0.39, 0.29) is 12.4 Å². The first kappa shape index (κ1) is 11.8. The van der Waals surface area contributed by atoms with Crippen LogP contribution in [0, 0.1) is 0 Å². The Kier molecular flexibility index (Phi) is 3.27. The fourth-order valence-corrected chi connectivity index (χ4v) is 2.50. The normalized spacial score (nSPS) is 17.7. The number of hydrogen-bond donors (Lipinski definition) is 2. The quantitative estimate of drug-likeness (QED) is 0.619. The van der Waals surface area contributed by atoms with E-state index in [0.717, 1.165) is 31.2 Å². The average Bonchev–Trinajstić information content (AvgIpc) is 2.79. The van der Waals surface area contributed by atoms with E-state index < -0.39 is 5.54 Å². The van der Waals surface area contributed by atoms with Crippen LogP contribution in [0.4, 0.5) is 0 Å². The fraction of sp³-hybridized carbons (Fsp3) is 0.462. The molecule has 0 radical (unpaired) electrons. The molecule has 1 fully saturated rings. The topological polar surface area (TPSA) is 69.9 Å². The van der Waals surface area contributed by atoms with Gasteiger partial charge in [-0.05, 0) is 24.5 Å². The van der Waals surface area contributed by atoms with Gasteiger partial charge in [0.25, 0.3) is 0 Å². The lowest BCUT2D eigenvalue weighted by Crippen LogP contribution is -2.18. The van der Waals surface area contributed by atoms with E-state index in [4.69, 9.17) is 5.11 Å². The molecule has 90 valence electrons. The molecule has 1 saturated carbocycles. The van der Waals surface area contributed by atoms with Gasteiger partial charge in [0.1, 0.15) is 5.75 Å². The molecule has 0 aromatic heterocycles. The SMILES string of the molecule is O=C=NC1(c2ccc(CO)c(O)c2)CCCC1. The summed E-state index contributed by atoms with van der Waals surface area (Å²) in [5, 5.41) is 18.7. The van der Waals surface area contributed by atoms with E-state index in [2.05, 4.69) is 4.99 Å². The van der Waals surface area contributed by atoms with Crippen molar-refractivity contribution in [2.75, 3.05) is 0 Å². The van der Waals surface area contributed by atoms with Gasteiger partial charge in [-0.3, -0.25) is 0 Å². The molecular weight excluding hydrogens is 218 g/mol. The zero-order chi connectivity index (χ0) is 12.3. The molecule has 0 spiro atoms. The van der Waals surface area contributed by atoms with Crippen LogP contribution in [0.25, 0.3) is 0 Å². The second kappa shape index (κ2) is 4.70. The van der Waals surface area contributed by atoms with E-state index in [1.54, 1.807) is 18.2 Å². The van der Waals surface area contributed by atoms with Gasteiger partial charge in [0.05, 0.1) is 12.1 Å². The molecule has 17 heavy (non-hydrogen) atoms. The van der Waals surface area contributed by atoms with Crippen LogP contribution in [-0.4, -0.2) is 16.3 Å². The second-order valence-electron chi connectivity index (χ2n) is 4.44. The van der Waals surface area contributed by atoms with Crippen molar-refractivity contribution in [2.24, 2.45) is 4.99 Å². The summed E-state index contributed by atoms with van der Waals surface area (Å²) in [4.78, 5) is 14.5. The molecule has 0 bridgehead atoms. The van der Waals surface area contributed by atoms with Crippen LogP contribution in [0.2, 0.25) is 0 Å². The average molecular weight is 233 g/mol. The van der Waals surface area contributed by atoms with Crippen molar-refractivity contribution < 1.29 is 15.0 Å². The summed E-state index contributed by atoms with van der Waals surface area (Å²) in [5.74, 6) is 0.0531. The van der Waals surface area contributed by atoms with Crippen LogP contribution in [0.1, 0.15) is 36.8 Å². The highest BCUT2D eigenvalue weighted by molar-refractivity contribution is 5.43. The molecule has 1 aliphatic carbocycles. The Balaban J connectivity index is 2.44. The lowest BCUT2D eigenvalue weighted by atomic mass is 9.88. The minimum absolute atomic E-state index is 0.0531. The molecule has 1 aromatic carbocycles. The van der Waals surface area contributed by atoms with Gasteiger partial charge in [-0.2, -0.15) is 4.99 Å². The van der Waals surface area contributed by atoms with Gasteiger partial charge in [0.15, 0.2) is 0 Å². The standard InChI is InChI=1S/C13H15NO3/c15-8-10-3-4-11(7-12(10)17)13(14-9-16)5-1-2-6-13/h3-4,7,15,17H,1-2,5-6,8H2. The molecule has 0 heterocycles. The summed E-state index contributed by atoms with van der Waals surface area (Å²) in [6, 6.07) is 5.08. The minimum atomic E-state index is -0.521. The van der Waals surface area contributed by atoms with Crippen molar-refractivity contribution in [3.63, 3.8) is 0 Å². The molecule has 0 amide bonds. The maximum atomic E-state index is 10.6. The van der Waals surface area contributed by atoms with E-state index >= 15 is 0 Å². The molecule has 2 rings (SSSR count). The molecule has 2 N–H and O–H groups in total. The first-order valence-corrected chi connectivity index (χ1v) is 5.74. The van der Waals surface area contributed by atoms with Crippen LogP contribution >= 0.6 is 0 Å². The lowest BCUT2D eigenvalue weighted by Gasteiger charge is -2.23. The molecular formula is C13H15NO3. The maximum Gasteiger partial charge on any atom is 0.235 e. The van der Waals surface area contributed by atoms with Gasteiger partial charge in [-0.15, -0.1) is 0 Å². The van der Waals surface area contributed by atoms with Gasteiger partial charge in [0.2, 0.25) is 6.08 Å². The van der Waals surface area contributed by atoms with Crippen molar-refractivity contribution in [1.29, 1.82) is 0 Å². The number of carbonyl (C=O) groups excluding carboxylic acids is 1. The highest BCUT2D eigenvalue weighted by Gasteiger charge is 2.35. The van der Waals surface area contributed by atoms with Gasteiger partial charge in [-0.1, -0.05) is 25.0 Å². The number of isocyanates is 1. The molecule has 4 heteroatoms.